The molecule has 0 fully saturated rings. The van der Waals surface area contributed by atoms with E-state index in [1.54, 1.807) is 0 Å². The maximum atomic E-state index is 12.8. The summed E-state index contributed by atoms with van der Waals surface area (Å²) in [6.07, 6.45) is 69.2. The average molecular weight is 887 g/mol. The molecule has 362 valence electrons. The predicted molar refractivity (Wildman–Crippen MR) is 274 cm³/mol. The number of hydrogen-bond acceptors (Lipinski definition) is 6. The SMILES string of the molecule is CC\C=C/C=C\C=C/C=C\C=C\C=C/CCCCCC(=O)OCC(COC(=O)CCCCCCC\C=C/C=C\C=C/CC)OC(=O)CCCCCCCCCCCCCCCCCC. The number of allylic oxidation sites excluding steroid dienone is 18. The molecule has 1 unspecified atom stereocenters. The molecular formula is C58H94O6. The number of rotatable bonds is 45. The van der Waals surface area contributed by atoms with Crippen LogP contribution in [-0.4, -0.2) is 37.2 Å². The Bertz CT molecular complexity index is 1340. The van der Waals surface area contributed by atoms with Gasteiger partial charge in [-0.05, 0) is 57.8 Å². The van der Waals surface area contributed by atoms with Crippen LogP contribution >= 0.6 is 0 Å². The molecule has 6 nitrogen and oxygen atoms in total. The fourth-order valence-corrected chi connectivity index (χ4v) is 6.89. The first-order valence-electron chi connectivity index (χ1n) is 26.0. The van der Waals surface area contributed by atoms with Crippen molar-refractivity contribution in [3.8, 4) is 0 Å². The number of carbonyl (C=O) groups is 3. The third-order valence-corrected chi connectivity index (χ3v) is 10.7. The van der Waals surface area contributed by atoms with E-state index in [0.29, 0.717) is 19.3 Å². The molecule has 1 atom stereocenters. The zero-order valence-corrected chi connectivity index (χ0v) is 41.3. The topological polar surface area (TPSA) is 78.9 Å². The molecule has 0 saturated heterocycles. The highest BCUT2D eigenvalue weighted by Crippen LogP contribution is 2.15. The Morgan fingerprint density at radius 3 is 0.969 bits per heavy atom. The zero-order valence-electron chi connectivity index (χ0n) is 41.3. The number of hydrogen-bond donors (Lipinski definition) is 0. The van der Waals surface area contributed by atoms with Crippen LogP contribution in [0.5, 0.6) is 0 Å². The highest BCUT2D eigenvalue weighted by molar-refractivity contribution is 5.71. The lowest BCUT2D eigenvalue weighted by Crippen LogP contribution is -2.30. The molecular weight excluding hydrogens is 793 g/mol. The Kier molecular flexibility index (Phi) is 48.5. The fraction of sp³-hybridized carbons (Fsp3) is 0.638. The Hall–Kier alpha value is -3.93. The highest BCUT2D eigenvalue weighted by Gasteiger charge is 2.19. The van der Waals surface area contributed by atoms with Gasteiger partial charge in [0, 0.05) is 19.3 Å². The molecule has 0 aromatic rings. The summed E-state index contributed by atoms with van der Waals surface area (Å²) in [6.45, 7) is 6.30. The van der Waals surface area contributed by atoms with Crippen molar-refractivity contribution in [2.24, 2.45) is 0 Å². The normalized spacial score (nSPS) is 13.0. The molecule has 0 aromatic heterocycles. The molecule has 0 bridgehead atoms. The summed E-state index contributed by atoms with van der Waals surface area (Å²) < 4.78 is 16.8. The molecule has 0 N–H and O–H groups in total. The van der Waals surface area contributed by atoms with Crippen LogP contribution in [0.3, 0.4) is 0 Å². The van der Waals surface area contributed by atoms with Gasteiger partial charge in [0.2, 0.25) is 0 Å². The first-order chi connectivity index (χ1) is 31.5. The van der Waals surface area contributed by atoms with Crippen LogP contribution in [-0.2, 0) is 28.6 Å². The molecule has 0 aliphatic carbocycles. The molecule has 6 heteroatoms. The Morgan fingerprint density at radius 1 is 0.328 bits per heavy atom. The van der Waals surface area contributed by atoms with Crippen molar-refractivity contribution in [1.82, 2.24) is 0 Å². The second kappa shape index (κ2) is 51.7. The van der Waals surface area contributed by atoms with E-state index < -0.39 is 6.10 Å². The minimum Gasteiger partial charge on any atom is -0.462 e. The van der Waals surface area contributed by atoms with Crippen LogP contribution < -0.4 is 0 Å². The zero-order chi connectivity index (χ0) is 46.5. The van der Waals surface area contributed by atoms with E-state index in [1.807, 2.05) is 60.8 Å². The van der Waals surface area contributed by atoms with Gasteiger partial charge in [-0.25, -0.2) is 0 Å². The first-order valence-corrected chi connectivity index (χ1v) is 26.0. The molecule has 0 spiro atoms. The van der Waals surface area contributed by atoms with Crippen molar-refractivity contribution in [2.45, 2.75) is 226 Å². The van der Waals surface area contributed by atoms with Crippen molar-refractivity contribution in [2.75, 3.05) is 13.2 Å². The molecule has 0 aliphatic rings. The Labute approximate surface area is 393 Å². The lowest BCUT2D eigenvalue weighted by atomic mass is 10.0. The second-order valence-corrected chi connectivity index (χ2v) is 16.9. The lowest BCUT2D eigenvalue weighted by molar-refractivity contribution is -0.167. The van der Waals surface area contributed by atoms with E-state index in [1.165, 1.54) is 83.5 Å². The summed E-state index contributed by atoms with van der Waals surface area (Å²) >= 11 is 0. The maximum Gasteiger partial charge on any atom is 0.306 e. The van der Waals surface area contributed by atoms with Gasteiger partial charge >= 0.3 is 17.9 Å². The van der Waals surface area contributed by atoms with Crippen LogP contribution in [0.2, 0.25) is 0 Å². The van der Waals surface area contributed by atoms with Crippen molar-refractivity contribution in [3.05, 3.63) is 109 Å². The number of esters is 3. The van der Waals surface area contributed by atoms with E-state index in [9.17, 15) is 14.4 Å². The van der Waals surface area contributed by atoms with E-state index >= 15 is 0 Å². The van der Waals surface area contributed by atoms with Gasteiger partial charge in [-0.2, -0.15) is 0 Å². The summed E-state index contributed by atoms with van der Waals surface area (Å²) in [4.78, 5) is 38.0. The third-order valence-electron chi connectivity index (χ3n) is 10.7. The van der Waals surface area contributed by atoms with Crippen LogP contribution in [0.4, 0.5) is 0 Å². The van der Waals surface area contributed by atoms with E-state index in [4.69, 9.17) is 14.2 Å². The van der Waals surface area contributed by atoms with Gasteiger partial charge in [0.15, 0.2) is 6.10 Å². The van der Waals surface area contributed by atoms with Gasteiger partial charge in [-0.3, -0.25) is 14.4 Å². The second-order valence-electron chi connectivity index (χ2n) is 16.9. The van der Waals surface area contributed by atoms with Crippen LogP contribution in [0, 0.1) is 0 Å². The first kappa shape index (κ1) is 60.1. The molecule has 0 aliphatic heterocycles. The van der Waals surface area contributed by atoms with Crippen molar-refractivity contribution in [1.29, 1.82) is 0 Å². The van der Waals surface area contributed by atoms with Crippen LogP contribution in [0.15, 0.2) is 109 Å². The van der Waals surface area contributed by atoms with Gasteiger partial charge in [0.25, 0.3) is 0 Å². The number of carbonyl (C=O) groups excluding carboxylic acids is 3. The summed E-state index contributed by atoms with van der Waals surface area (Å²) in [5.41, 5.74) is 0. The minimum atomic E-state index is -0.805. The highest BCUT2D eigenvalue weighted by atomic mass is 16.6. The molecule has 0 amide bonds. The van der Waals surface area contributed by atoms with Gasteiger partial charge in [-0.1, -0.05) is 252 Å². The van der Waals surface area contributed by atoms with Crippen molar-refractivity contribution in [3.63, 3.8) is 0 Å². The molecule has 0 aromatic carbocycles. The lowest BCUT2D eigenvalue weighted by Gasteiger charge is -2.18. The monoisotopic (exact) mass is 887 g/mol. The summed E-state index contributed by atoms with van der Waals surface area (Å²) in [5, 5.41) is 0. The average Bonchev–Trinajstić information content (AvgIpc) is 3.29. The number of unbranched alkanes of at least 4 members (excludes halogenated alkanes) is 23. The van der Waals surface area contributed by atoms with Gasteiger partial charge in [0.1, 0.15) is 13.2 Å². The van der Waals surface area contributed by atoms with Crippen LogP contribution in [0.1, 0.15) is 220 Å². The standard InChI is InChI=1S/C58H94O6/c1-4-7-10-13-16-19-22-25-27-29-31-33-36-39-42-45-48-51-57(60)63-54-55(53-62-56(59)50-47-44-41-38-35-32-24-21-18-15-12-9-6-3)64-58(61)52-49-46-43-40-37-34-30-28-26-23-20-17-14-11-8-5-2/h7,9-10,12-13,15-16,18-19,21-22,24-25,27,29,31,33,36,55H,4-6,8,11,14,17,20,23,26,28,30,32,34-35,37-54H2,1-3H3/b10-7-,12-9-,16-13-,18-15-,22-19-,24-21-,27-25-,31-29+,36-33-. The van der Waals surface area contributed by atoms with Crippen LogP contribution in [0.25, 0.3) is 0 Å². The molecule has 0 radical (unpaired) electrons. The van der Waals surface area contributed by atoms with E-state index in [0.717, 1.165) is 96.3 Å². The van der Waals surface area contributed by atoms with Gasteiger partial charge in [0.05, 0.1) is 0 Å². The molecule has 0 rings (SSSR count). The smallest absolute Gasteiger partial charge is 0.306 e. The number of ether oxygens (including phenoxy) is 3. The van der Waals surface area contributed by atoms with Gasteiger partial charge in [-0.15, -0.1) is 0 Å². The maximum absolute atomic E-state index is 12.8. The Morgan fingerprint density at radius 2 is 0.609 bits per heavy atom. The quantitative estimate of drug-likeness (QED) is 0.0262. The third kappa shape index (κ3) is 49.1. The summed E-state index contributed by atoms with van der Waals surface area (Å²) in [6, 6.07) is 0. The van der Waals surface area contributed by atoms with Gasteiger partial charge < -0.3 is 14.2 Å². The summed E-state index contributed by atoms with van der Waals surface area (Å²) in [5.74, 6) is -0.969. The van der Waals surface area contributed by atoms with Crippen molar-refractivity contribution < 1.29 is 28.6 Å². The molecule has 0 heterocycles. The summed E-state index contributed by atoms with van der Waals surface area (Å²) in [7, 11) is 0. The molecule has 0 saturated carbocycles. The minimum absolute atomic E-state index is 0.104. The molecule has 64 heavy (non-hydrogen) atoms. The fourth-order valence-electron chi connectivity index (χ4n) is 6.89. The predicted octanol–water partition coefficient (Wildman–Crippen LogP) is 17.1. The van der Waals surface area contributed by atoms with Crippen molar-refractivity contribution >= 4 is 17.9 Å². The van der Waals surface area contributed by atoms with E-state index in [2.05, 4.69) is 69.4 Å². The Balaban J connectivity index is 4.50. The van der Waals surface area contributed by atoms with E-state index in [-0.39, 0.29) is 31.1 Å². The largest absolute Gasteiger partial charge is 0.462 e.